The fourth-order valence-electron chi connectivity index (χ4n) is 3.44. The number of hydrogen-bond donors (Lipinski definition) is 1. The third-order valence-electron chi connectivity index (χ3n) is 5.28. The third-order valence-corrected chi connectivity index (χ3v) is 5.28. The predicted octanol–water partition coefficient (Wildman–Crippen LogP) is 5.69. The molecule has 4 rings (SSSR count). The minimum atomic E-state index is -0.845. The lowest BCUT2D eigenvalue weighted by molar-refractivity contribution is -0.384. The number of non-ortho nitro benzene ring substituents is 1. The first-order valence-electron chi connectivity index (χ1n) is 10.7. The molecule has 0 saturated carbocycles. The maximum absolute atomic E-state index is 14.4. The number of halogens is 2. The smallest absolute Gasteiger partial charge is 0.343 e. The highest BCUT2D eigenvalue weighted by Gasteiger charge is 2.19. The summed E-state index contributed by atoms with van der Waals surface area (Å²) in [6.07, 6.45) is 0. The average Bonchev–Trinajstić information content (AvgIpc) is 2.88. The number of amides is 1. The van der Waals surface area contributed by atoms with Crippen LogP contribution in [0.4, 0.5) is 14.5 Å². The standard InChI is InChI=1S/C27H18F2N2O5/c28-20-9-12-22(24(29)15-20)19-8-13-25(36-27(33)18-6-10-21(11-7-18)31(34)35)23(14-19)26(32)30-16-17-4-2-1-3-5-17/h1-15H,16H2,(H,30,32). The summed E-state index contributed by atoms with van der Waals surface area (Å²) in [5.41, 5.74) is 0.941. The molecule has 0 radical (unpaired) electrons. The van der Waals surface area contributed by atoms with Crippen molar-refractivity contribution >= 4 is 17.6 Å². The molecule has 0 fully saturated rings. The molecule has 9 heteroatoms. The number of esters is 1. The number of benzene rings is 4. The van der Waals surface area contributed by atoms with E-state index in [1.165, 1.54) is 36.4 Å². The predicted molar refractivity (Wildman–Crippen MR) is 127 cm³/mol. The van der Waals surface area contributed by atoms with Gasteiger partial charge in [0.15, 0.2) is 0 Å². The van der Waals surface area contributed by atoms with Crippen LogP contribution in [-0.4, -0.2) is 16.8 Å². The molecule has 180 valence electrons. The van der Waals surface area contributed by atoms with Gasteiger partial charge in [-0.3, -0.25) is 14.9 Å². The molecule has 0 aliphatic heterocycles. The van der Waals surface area contributed by atoms with Crippen LogP contribution >= 0.6 is 0 Å². The summed E-state index contributed by atoms with van der Waals surface area (Å²) in [6.45, 7) is 0.185. The number of nitrogens with one attached hydrogen (secondary N) is 1. The quantitative estimate of drug-likeness (QED) is 0.156. The summed E-state index contributed by atoms with van der Waals surface area (Å²) >= 11 is 0. The van der Waals surface area contributed by atoms with Crippen LogP contribution in [0, 0.1) is 21.7 Å². The third kappa shape index (κ3) is 5.58. The SMILES string of the molecule is O=C(Oc1ccc(-c2ccc(F)cc2F)cc1C(=O)NCc1ccccc1)c1ccc([N+](=O)[O-])cc1. The van der Waals surface area contributed by atoms with E-state index in [-0.39, 0.29) is 40.2 Å². The number of carbonyl (C=O) groups excluding carboxylic acids is 2. The Bertz CT molecular complexity index is 1440. The number of rotatable bonds is 7. The van der Waals surface area contributed by atoms with Crippen molar-refractivity contribution in [2.24, 2.45) is 0 Å². The molecule has 36 heavy (non-hydrogen) atoms. The first-order valence-corrected chi connectivity index (χ1v) is 10.7. The second-order valence-electron chi connectivity index (χ2n) is 7.70. The number of ether oxygens (including phenoxy) is 1. The van der Waals surface area contributed by atoms with E-state index in [1.54, 1.807) is 0 Å². The van der Waals surface area contributed by atoms with E-state index in [0.29, 0.717) is 0 Å². The Morgan fingerprint density at radius 1 is 0.889 bits per heavy atom. The van der Waals surface area contributed by atoms with Gasteiger partial charge < -0.3 is 10.1 Å². The van der Waals surface area contributed by atoms with E-state index in [1.807, 2.05) is 30.3 Å². The molecule has 0 atom stereocenters. The molecule has 0 aliphatic rings. The highest BCUT2D eigenvalue weighted by Crippen LogP contribution is 2.30. The summed E-state index contributed by atoms with van der Waals surface area (Å²) in [5, 5.41) is 13.6. The number of carbonyl (C=O) groups is 2. The Morgan fingerprint density at radius 3 is 2.28 bits per heavy atom. The monoisotopic (exact) mass is 488 g/mol. The minimum absolute atomic E-state index is 0.0323. The van der Waals surface area contributed by atoms with Crippen molar-refractivity contribution in [1.82, 2.24) is 5.32 Å². The van der Waals surface area contributed by atoms with Crippen LogP contribution in [0.15, 0.2) is 91.0 Å². The largest absolute Gasteiger partial charge is 0.422 e. The zero-order chi connectivity index (χ0) is 25.7. The maximum atomic E-state index is 14.4. The van der Waals surface area contributed by atoms with Gasteiger partial charge in [0, 0.05) is 30.3 Å². The Labute approximate surface area is 204 Å². The van der Waals surface area contributed by atoms with Crippen LogP contribution in [0.2, 0.25) is 0 Å². The van der Waals surface area contributed by atoms with E-state index in [9.17, 15) is 28.5 Å². The normalized spacial score (nSPS) is 10.5. The van der Waals surface area contributed by atoms with Crippen molar-refractivity contribution in [3.63, 3.8) is 0 Å². The van der Waals surface area contributed by atoms with Crippen molar-refractivity contribution in [3.8, 4) is 16.9 Å². The fourth-order valence-corrected chi connectivity index (χ4v) is 3.44. The zero-order valence-corrected chi connectivity index (χ0v) is 18.6. The fraction of sp³-hybridized carbons (Fsp3) is 0.0370. The topological polar surface area (TPSA) is 98.5 Å². The Balaban J connectivity index is 1.65. The second kappa shape index (κ2) is 10.6. The molecule has 1 amide bonds. The van der Waals surface area contributed by atoms with Gasteiger partial charge in [-0.15, -0.1) is 0 Å². The van der Waals surface area contributed by atoms with Crippen LogP contribution in [0.1, 0.15) is 26.3 Å². The van der Waals surface area contributed by atoms with Crippen LogP contribution in [0.25, 0.3) is 11.1 Å². The van der Waals surface area contributed by atoms with Crippen molar-refractivity contribution in [1.29, 1.82) is 0 Å². The van der Waals surface area contributed by atoms with E-state index in [2.05, 4.69) is 5.32 Å². The molecule has 0 bridgehead atoms. The van der Waals surface area contributed by atoms with Crippen molar-refractivity contribution < 1.29 is 28.0 Å². The average molecular weight is 488 g/mol. The first kappa shape index (κ1) is 24.2. The summed E-state index contributed by atoms with van der Waals surface area (Å²) in [5.74, 6) is -3.10. The lowest BCUT2D eigenvalue weighted by Crippen LogP contribution is -2.24. The van der Waals surface area contributed by atoms with Gasteiger partial charge in [0.25, 0.3) is 11.6 Å². The lowest BCUT2D eigenvalue weighted by Gasteiger charge is -2.13. The molecule has 0 unspecified atom stereocenters. The van der Waals surface area contributed by atoms with Gasteiger partial charge in [-0.1, -0.05) is 36.4 Å². The summed E-state index contributed by atoms with van der Waals surface area (Å²) in [6, 6.07) is 21.1. The summed E-state index contributed by atoms with van der Waals surface area (Å²) in [7, 11) is 0. The minimum Gasteiger partial charge on any atom is -0.422 e. The van der Waals surface area contributed by atoms with Crippen molar-refractivity contribution in [2.45, 2.75) is 6.54 Å². The van der Waals surface area contributed by atoms with Crippen LogP contribution in [-0.2, 0) is 6.54 Å². The Hall–Kier alpha value is -4.92. The molecular weight excluding hydrogens is 470 g/mol. The molecule has 0 heterocycles. The van der Waals surface area contributed by atoms with Gasteiger partial charge in [-0.05, 0) is 47.5 Å². The lowest BCUT2D eigenvalue weighted by atomic mass is 10.0. The molecule has 0 aliphatic carbocycles. The Kier molecular flexibility index (Phi) is 7.10. The van der Waals surface area contributed by atoms with Crippen molar-refractivity contribution in [2.75, 3.05) is 0 Å². The highest BCUT2D eigenvalue weighted by molar-refractivity contribution is 6.00. The van der Waals surface area contributed by atoms with Gasteiger partial charge in [-0.25, -0.2) is 13.6 Å². The molecule has 7 nitrogen and oxygen atoms in total. The summed E-state index contributed by atoms with van der Waals surface area (Å²) < 4.78 is 33.2. The van der Waals surface area contributed by atoms with E-state index in [0.717, 1.165) is 29.8 Å². The van der Waals surface area contributed by atoms with Gasteiger partial charge in [0.2, 0.25) is 0 Å². The molecule has 4 aromatic carbocycles. The Morgan fingerprint density at radius 2 is 1.61 bits per heavy atom. The maximum Gasteiger partial charge on any atom is 0.343 e. The molecule has 1 N–H and O–H groups in total. The van der Waals surface area contributed by atoms with Crippen LogP contribution < -0.4 is 10.1 Å². The van der Waals surface area contributed by atoms with Crippen LogP contribution in [0.3, 0.4) is 0 Å². The van der Waals surface area contributed by atoms with Crippen LogP contribution in [0.5, 0.6) is 5.75 Å². The molecule has 0 saturated heterocycles. The number of hydrogen-bond acceptors (Lipinski definition) is 5. The zero-order valence-electron chi connectivity index (χ0n) is 18.6. The molecule has 4 aromatic rings. The number of nitro benzene ring substituents is 1. The first-order chi connectivity index (χ1) is 17.3. The van der Waals surface area contributed by atoms with Gasteiger partial charge in [0.05, 0.1) is 16.1 Å². The van der Waals surface area contributed by atoms with Gasteiger partial charge in [-0.2, -0.15) is 0 Å². The summed E-state index contributed by atoms with van der Waals surface area (Å²) in [4.78, 5) is 36.0. The molecular formula is C27H18F2N2O5. The molecule has 0 aromatic heterocycles. The van der Waals surface area contributed by atoms with Crippen molar-refractivity contribution in [3.05, 3.63) is 129 Å². The van der Waals surface area contributed by atoms with E-state index < -0.39 is 28.4 Å². The second-order valence-corrected chi connectivity index (χ2v) is 7.70. The van der Waals surface area contributed by atoms with Gasteiger partial charge in [0.1, 0.15) is 17.4 Å². The van der Waals surface area contributed by atoms with Gasteiger partial charge >= 0.3 is 5.97 Å². The molecule has 0 spiro atoms. The van der Waals surface area contributed by atoms with E-state index >= 15 is 0 Å². The van der Waals surface area contributed by atoms with E-state index in [4.69, 9.17) is 4.74 Å². The highest BCUT2D eigenvalue weighted by atomic mass is 19.1. The number of nitro groups is 1. The number of nitrogens with zero attached hydrogens (tertiary/aromatic N) is 1.